The molecule has 0 radical (unpaired) electrons. The number of carbonyl (C=O) groups is 2. The van der Waals surface area contributed by atoms with E-state index in [1.54, 1.807) is 13.8 Å². The van der Waals surface area contributed by atoms with Gasteiger partial charge in [0.1, 0.15) is 0 Å². The molecule has 0 fully saturated rings. The average molecular weight is 230 g/mol. The molecule has 0 saturated carbocycles. The Morgan fingerprint density at radius 3 is 2.00 bits per heavy atom. The van der Waals surface area contributed by atoms with E-state index in [1.165, 1.54) is 6.92 Å². The van der Waals surface area contributed by atoms with E-state index in [1.807, 2.05) is 13.8 Å². The summed E-state index contributed by atoms with van der Waals surface area (Å²) in [6.45, 7) is 9.54. The molecule has 0 aromatic carbocycles. The molecule has 0 bridgehead atoms. The molecular weight excluding hydrogens is 208 g/mol. The maximum absolute atomic E-state index is 11.1. The van der Waals surface area contributed by atoms with Gasteiger partial charge in [-0.1, -0.05) is 0 Å². The Kier molecular flexibility index (Phi) is 4.93. The van der Waals surface area contributed by atoms with E-state index in [4.69, 9.17) is 5.11 Å². The van der Waals surface area contributed by atoms with Gasteiger partial charge in [-0.2, -0.15) is 0 Å². The quantitative estimate of drug-likeness (QED) is 0.584. The number of rotatable bonds is 6. The molecule has 0 spiro atoms. The lowest BCUT2D eigenvalue weighted by Gasteiger charge is -2.39. The molecule has 0 aromatic rings. The van der Waals surface area contributed by atoms with Crippen molar-refractivity contribution in [3.05, 3.63) is 0 Å². The zero-order valence-electron chi connectivity index (χ0n) is 10.7. The van der Waals surface area contributed by atoms with Crippen LogP contribution in [0.2, 0.25) is 0 Å². The maximum Gasteiger partial charge on any atom is 0.310 e. The Balaban J connectivity index is 4.24. The van der Waals surface area contributed by atoms with Gasteiger partial charge in [-0.05, 0) is 27.7 Å². The fourth-order valence-corrected chi connectivity index (χ4v) is 1.10. The first-order chi connectivity index (χ1) is 7.11. The minimum atomic E-state index is -0.872. The van der Waals surface area contributed by atoms with E-state index < -0.39 is 16.9 Å². The third-order valence-electron chi connectivity index (χ3n) is 3.16. The molecule has 3 N–H and O–H groups in total. The first-order valence-corrected chi connectivity index (χ1v) is 5.34. The van der Waals surface area contributed by atoms with Crippen LogP contribution in [0.3, 0.4) is 0 Å². The minimum absolute atomic E-state index is 0.0860. The standard InChI is InChI=1S/C11H22N2O3/c1-8(14)12-6-7-13-11(4,5)10(2,3)9(15)16/h13H,6-7H2,1-5H3,(H,12,14)(H,15,16). The summed E-state index contributed by atoms with van der Waals surface area (Å²) < 4.78 is 0. The highest BCUT2D eigenvalue weighted by molar-refractivity contribution is 5.75. The lowest BCUT2D eigenvalue weighted by molar-refractivity contribution is -0.151. The van der Waals surface area contributed by atoms with Gasteiger partial charge in [0.15, 0.2) is 0 Å². The highest BCUT2D eigenvalue weighted by atomic mass is 16.4. The molecule has 0 heterocycles. The lowest BCUT2D eigenvalue weighted by atomic mass is 9.74. The van der Waals surface area contributed by atoms with Gasteiger partial charge in [0.2, 0.25) is 5.91 Å². The average Bonchev–Trinajstić information content (AvgIpc) is 2.11. The van der Waals surface area contributed by atoms with Crippen LogP contribution in [0.15, 0.2) is 0 Å². The number of carbonyl (C=O) groups excluding carboxylic acids is 1. The second-order valence-corrected chi connectivity index (χ2v) is 4.96. The third-order valence-corrected chi connectivity index (χ3v) is 3.16. The predicted molar refractivity (Wildman–Crippen MR) is 62.2 cm³/mol. The molecule has 0 aliphatic carbocycles. The van der Waals surface area contributed by atoms with Gasteiger partial charge in [-0.15, -0.1) is 0 Å². The summed E-state index contributed by atoms with van der Waals surface area (Å²) in [7, 11) is 0. The number of hydrogen-bond donors (Lipinski definition) is 3. The first-order valence-electron chi connectivity index (χ1n) is 5.34. The number of carboxylic acids is 1. The van der Waals surface area contributed by atoms with Crippen LogP contribution in [0.5, 0.6) is 0 Å². The summed E-state index contributed by atoms with van der Waals surface area (Å²) in [6, 6.07) is 0. The molecule has 94 valence electrons. The molecule has 0 saturated heterocycles. The Morgan fingerprint density at radius 2 is 1.62 bits per heavy atom. The molecule has 1 amide bonds. The summed E-state index contributed by atoms with van der Waals surface area (Å²) in [5.41, 5.74) is -1.42. The Morgan fingerprint density at radius 1 is 1.12 bits per heavy atom. The number of nitrogens with one attached hydrogen (secondary N) is 2. The second kappa shape index (κ2) is 5.30. The van der Waals surface area contributed by atoms with Crippen molar-refractivity contribution >= 4 is 11.9 Å². The van der Waals surface area contributed by atoms with Crippen LogP contribution in [0.25, 0.3) is 0 Å². The third kappa shape index (κ3) is 3.81. The highest BCUT2D eigenvalue weighted by Gasteiger charge is 2.42. The van der Waals surface area contributed by atoms with Crippen molar-refractivity contribution < 1.29 is 14.7 Å². The van der Waals surface area contributed by atoms with Crippen LogP contribution in [0.4, 0.5) is 0 Å². The predicted octanol–water partition coefficient (Wildman–Crippen LogP) is 0.601. The summed E-state index contributed by atoms with van der Waals surface area (Å²) >= 11 is 0. The Labute approximate surface area is 96.6 Å². The highest BCUT2D eigenvalue weighted by Crippen LogP contribution is 2.30. The smallest absolute Gasteiger partial charge is 0.310 e. The monoisotopic (exact) mass is 230 g/mol. The first kappa shape index (κ1) is 14.9. The van der Waals surface area contributed by atoms with E-state index in [2.05, 4.69) is 10.6 Å². The molecule has 16 heavy (non-hydrogen) atoms. The van der Waals surface area contributed by atoms with Crippen LogP contribution in [-0.4, -0.2) is 35.6 Å². The number of aliphatic carboxylic acids is 1. The van der Waals surface area contributed by atoms with Crippen molar-refractivity contribution in [2.45, 2.75) is 40.2 Å². The molecule has 0 atom stereocenters. The molecule has 0 aromatic heterocycles. The van der Waals surface area contributed by atoms with Gasteiger partial charge in [0.25, 0.3) is 0 Å². The number of hydrogen-bond acceptors (Lipinski definition) is 3. The number of carboxylic acid groups (broad SMARTS) is 1. The molecular formula is C11H22N2O3. The molecule has 5 heteroatoms. The van der Waals surface area contributed by atoms with Crippen LogP contribution < -0.4 is 10.6 Å². The number of amides is 1. The van der Waals surface area contributed by atoms with Crippen LogP contribution >= 0.6 is 0 Å². The summed E-state index contributed by atoms with van der Waals surface area (Å²) in [5, 5.41) is 14.9. The van der Waals surface area contributed by atoms with Crippen LogP contribution in [0.1, 0.15) is 34.6 Å². The van der Waals surface area contributed by atoms with E-state index >= 15 is 0 Å². The normalized spacial score (nSPS) is 12.3. The van der Waals surface area contributed by atoms with Crippen molar-refractivity contribution in [2.24, 2.45) is 5.41 Å². The van der Waals surface area contributed by atoms with Crippen molar-refractivity contribution in [3.8, 4) is 0 Å². The SMILES string of the molecule is CC(=O)NCCNC(C)(C)C(C)(C)C(=O)O. The zero-order chi connectivity index (χ0) is 13.0. The van der Waals surface area contributed by atoms with E-state index in [0.717, 1.165) is 0 Å². The van der Waals surface area contributed by atoms with Crippen LogP contribution in [-0.2, 0) is 9.59 Å². The van der Waals surface area contributed by atoms with Crippen molar-refractivity contribution in [3.63, 3.8) is 0 Å². The Bertz CT molecular complexity index is 272. The minimum Gasteiger partial charge on any atom is -0.481 e. The fraction of sp³-hybridized carbons (Fsp3) is 0.818. The van der Waals surface area contributed by atoms with E-state index in [9.17, 15) is 9.59 Å². The van der Waals surface area contributed by atoms with Crippen molar-refractivity contribution in [1.29, 1.82) is 0 Å². The van der Waals surface area contributed by atoms with Crippen molar-refractivity contribution in [2.75, 3.05) is 13.1 Å². The van der Waals surface area contributed by atoms with Gasteiger partial charge >= 0.3 is 5.97 Å². The summed E-state index contributed by atoms with van der Waals surface area (Å²) in [4.78, 5) is 21.7. The van der Waals surface area contributed by atoms with Gasteiger partial charge < -0.3 is 15.7 Å². The second-order valence-electron chi connectivity index (χ2n) is 4.96. The zero-order valence-corrected chi connectivity index (χ0v) is 10.7. The lowest BCUT2D eigenvalue weighted by Crippen LogP contribution is -2.56. The summed E-state index contributed by atoms with van der Waals surface area (Å²) in [5.74, 6) is -0.929. The largest absolute Gasteiger partial charge is 0.481 e. The molecule has 0 unspecified atom stereocenters. The van der Waals surface area contributed by atoms with Gasteiger partial charge in [-0.25, -0.2) is 0 Å². The Hall–Kier alpha value is -1.10. The topological polar surface area (TPSA) is 78.4 Å². The summed E-state index contributed by atoms with van der Waals surface area (Å²) in [6.07, 6.45) is 0. The molecule has 0 aliphatic rings. The fourth-order valence-electron chi connectivity index (χ4n) is 1.10. The maximum atomic E-state index is 11.1. The van der Waals surface area contributed by atoms with Crippen LogP contribution in [0, 0.1) is 5.41 Å². The van der Waals surface area contributed by atoms with Gasteiger partial charge in [-0.3, -0.25) is 9.59 Å². The van der Waals surface area contributed by atoms with Gasteiger partial charge in [0, 0.05) is 25.6 Å². The van der Waals surface area contributed by atoms with Crippen molar-refractivity contribution in [1.82, 2.24) is 10.6 Å². The van der Waals surface area contributed by atoms with E-state index in [0.29, 0.717) is 13.1 Å². The van der Waals surface area contributed by atoms with Gasteiger partial charge in [0.05, 0.1) is 5.41 Å². The molecule has 0 rings (SSSR count). The molecule has 0 aliphatic heterocycles. The van der Waals surface area contributed by atoms with E-state index in [-0.39, 0.29) is 5.91 Å². The molecule has 5 nitrogen and oxygen atoms in total.